The molecule has 0 saturated carbocycles. The molecule has 3 rings (SSSR count). The van der Waals surface area contributed by atoms with Crippen LogP contribution in [0.2, 0.25) is 0 Å². The van der Waals surface area contributed by atoms with E-state index in [2.05, 4.69) is 16.7 Å². The lowest BCUT2D eigenvalue weighted by molar-refractivity contribution is -0.124. The average molecular weight is 292 g/mol. The third-order valence-electron chi connectivity index (χ3n) is 4.11. The van der Waals surface area contributed by atoms with Gasteiger partial charge in [0.15, 0.2) is 0 Å². The van der Waals surface area contributed by atoms with E-state index in [1.165, 1.54) is 5.56 Å². The van der Waals surface area contributed by atoms with Crippen LogP contribution in [0, 0.1) is 0 Å². The van der Waals surface area contributed by atoms with Crippen molar-refractivity contribution >= 4 is 16.7 Å². The molecule has 1 amide bonds. The second kappa shape index (κ2) is 6.06. The van der Waals surface area contributed by atoms with Crippen molar-refractivity contribution in [1.82, 2.24) is 10.6 Å². The normalized spacial score (nSPS) is 29.5. The van der Waals surface area contributed by atoms with E-state index in [1.807, 2.05) is 18.2 Å². The number of hydrogen-bond donors (Lipinski definition) is 2. The second-order valence-corrected chi connectivity index (χ2v) is 7.16. The van der Waals surface area contributed by atoms with Crippen LogP contribution in [0.15, 0.2) is 24.3 Å². The fourth-order valence-electron chi connectivity index (χ4n) is 2.96. The molecule has 0 radical (unpaired) electrons. The van der Waals surface area contributed by atoms with Crippen molar-refractivity contribution in [1.29, 1.82) is 0 Å². The number of benzene rings is 1. The Kier molecular flexibility index (Phi) is 4.17. The monoisotopic (exact) mass is 292 g/mol. The predicted octanol–water partition coefficient (Wildman–Crippen LogP) is 0.901. The van der Waals surface area contributed by atoms with E-state index >= 15 is 0 Å². The first-order valence-corrected chi connectivity index (χ1v) is 8.69. The van der Waals surface area contributed by atoms with Gasteiger partial charge in [0.05, 0.1) is 0 Å². The van der Waals surface area contributed by atoms with E-state index in [1.54, 1.807) is 0 Å². The minimum absolute atomic E-state index is 0.0508. The first-order valence-electron chi connectivity index (χ1n) is 7.20. The van der Waals surface area contributed by atoms with Gasteiger partial charge in [-0.3, -0.25) is 9.00 Å². The molecule has 0 aromatic heterocycles. The van der Waals surface area contributed by atoms with Crippen LogP contribution in [0.5, 0.6) is 0 Å². The summed E-state index contributed by atoms with van der Waals surface area (Å²) in [5, 5.41) is 6.42. The first kappa shape index (κ1) is 13.8. The lowest BCUT2D eigenvalue weighted by atomic mass is 9.93. The van der Waals surface area contributed by atoms with Gasteiger partial charge in [0.2, 0.25) is 5.91 Å². The summed E-state index contributed by atoms with van der Waals surface area (Å²) in [4.78, 5) is 12.5. The molecule has 2 aliphatic rings. The Labute approximate surface area is 121 Å². The maximum absolute atomic E-state index is 12.5. The second-order valence-electron chi connectivity index (χ2n) is 5.47. The van der Waals surface area contributed by atoms with E-state index in [4.69, 9.17) is 0 Å². The number of nitrogens with one attached hydrogen (secondary N) is 2. The van der Waals surface area contributed by atoms with Crippen LogP contribution in [0.25, 0.3) is 0 Å². The molecule has 1 atom stereocenters. The van der Waals surface area contributed by atoms with Crippen LogP contribution in [0.1, 0.15) is 30.0 Å². The molecule has 108 valence electrons. The molecular weight excluding hydrogens is 272 g/mol. The molecule has 1 unspecified atom stereocenters. The molecule has 2 heterocycles. The van der Waals surface area contributed by atoms with Crippen molar-refractivity contribution < 1.29 is 9.00 Å². The van der Waals surface area contributed by atoms with Crippen LogP contribution in [-0.2, 0) is 22.0 Å². The minimum Gasteiger partial charge on any atom is -0.352 e. The molecular formula is C15H20N2O2S. The molecule has 0 aliphatic carbocycles. The van der Waals surface area contributed by atoms with E-state index in [0.29, 0.717) is 11.5 Å². The molecule has 0 bridgehead atoms. The summed E-state index contributed by atoms with van der Waals surface area (Å²) in [5.41, 5.74) is 2.35. The van der Waals surface area contributed by atoms with Gasteiger partial charge in [-0.05, 0) is 30.4 Å². The summed E-state index contributed by atoms with van der Waals surface area (Å²) in [5.74, 6) is 1.47. The Hall–Kier alpha value is -1.20. The van der Waals surface area contributed by atoms with E-state index in [0.717, 1.165) is 31.4 Å². The number of rotatable bonds is 2. The topological polar surface area (TPSA) is 58.2 Å². The van der Waals surface area contributed by atoms with Gasteiger partial charge in [-0.15, -0.1) is 0 Å². The van der Waals surface area contributed by atoms with Gasteiger partial charge in [-0.1, -0.05) is 24.3 Å². The standard InChI is InChI=1S/C15H20N2O2S/c18-15(17-12-6-9-20(19)10-7-12)14-13-4-2-1-3-11(13)5-8-16-14/h1-4,12,14,16H,5-10H2,(H,17,18). The lowest BCUT2D eigenvalue weighted by Gasteiger charge is -2.29. The van der Waals surface area contributed by atoms with E-state index < -0.39 is 10.8 Å². The summed E-state index contributed by atoms with van der Waals surface area (Å²) in [7, 11) is -0.684. The number of carbonyl (C=O) groups excluding carboxylic acids is 1. The molecule has 2 N–H and O–H groups in total. The lowest BCUT2D eigenvalue weighted by Crippen LogP contribution is -2.46. The van der Waals surface area contributed by atoms with Gasteiger partial charge >= 0.3 is 0 Å². The van der Waals surface area contributed by atoms with Crippen molar-refractivity contribution in [3.63, 3.8) is 0 Å². The average Bonchev–Trinajstić information content (AvgIpc) is 2.49. The molecule has 5 heteroatoms. The summed E-state index contributed by atoms with van der Waals surface area (Å²) in [6.07, 6.45) is 2.63. The predicted molar refractivity (Wildman–Crippen MR) is 79.9 cm³/mol. The third kappa shape index (κ3) is 2.94. The SMILES string of the molecule is O=C(NC1CCS(=O)CC1)C1NCCc2ccccc21. The molecule has 1 fully saturated rings. The molecule has 20 heavy (non-hydrogen) atoms. The van der Waals surface area contributed by atoms with Gasteiger partial charge in [-0.2, -0.15) is 0 Å². The van der Waals surface area contributed by atoms with Crippen LogP contribution in [-0.4, -0.2) is 34.2 Å². The quantitative estimate of drug-likeness (QED) is 0.851. The van der Waals surface area contributed by atoms with Crippen molar-refractivity contribution in [2.45, 2.75) is 31.3 Å². The van der Waals surface area contributed by atoms with Crippen LogP contribution < -0.4 is 10.6 Å². The Bertz CT molecular complexity index is 522. The van der Waals surface area contributed by atoms with E-state index in [-0.39, 0.29) is 18.0 Å². The maximum Gasteiger partial charge on any atom is 0.241 e. The van der Waals surface area contributed by atoms with Gasteiger partial charge in [0.25, 0.3) is 0 Å². The van der Waals surface area contributed by atoms with E-state index in [9.17, 15) is 9.00 Å². The highest BCUT2D eigenvalue weighted by atomic mass is 32.2. The third-order valence-corrected chi connectivity index (χ3v) is 5.49. The van der Waals surface area contributed by atoms with Crippen LogP contribution in [0.3, 0.4) is 0 Å². The van der Waals surface area contributed by atoms with Crippen LogP contribution >= 0.6 is 0 Å². The summed E-state index contributed by atoms with van der Waals surface area (Å²) >= 11 is 0. The zero-order valence-corrected chi connectivity index (χ0v) is 12.2. The van der Waals surface area contributed by atoms with Gasteiger partial charge < -0.3 is 10.6 Å². The largest absolute Gasteiger partial charge is 0.352 e. The molecule has 2 aliphatic heterocycles. The number of hydrogen-bond acceptors (Lipinski definition) is 3. The zero-order valence-electron chi connectivity index (χ0n) is 11.4. The molecule has 4 nitrogen and oxygen atoms in total. The number of carbonyl (C=O) groups is 1. The molecule has 0 spiro atoms. The maximum atomic E-state index is 12.5. The highest BCUT2D eigenvalue weighted by Gasteiger charge is 2.28. The first-order chi connectivity index (χ1) is 9.74. The summed E-state index contributed by atoms with van der Waals surface area (Å²) in [6, 6.07) is 8.07. The Balaban J connectivity index is 1.67. The summed E-state index contributed by atoms with van der Waals surface area (Å²) in [6.45, 7) is 0.837. The fourth-order valence-corrected chi connectivity index (χ4v) is 4.26. The van der Waals surface area contributed by atoms with Crippen LogP contribution in [0.4, 0.5) is 0 Å². The Morgan fingerprint density at radius 3 is 2.80 bits per heavy atom. The molecule has 1 saturated heterocycles. The van der Waals surface area contributed by atoms with Gasteiger partial charge in [0.1, 0.15) is 6.04 Å². The van der Waals surface area contributed by atoms with Crippen molar-refractivity contribution in [2.75, 3.05) is 18.1 Å². The Morgan fingerprint density at radius 2 is 2.00 bits per heavy atom. The highest BCUT2D eigenvalue weighted by Crippen LogP contribution is 2.23. The smallest absolute Gasteiger partial charge is 0.241 e. The summed E-state index contributed by atoms with van der Waals surface area (Å²) < 4.78 is 11.3. The van der Waals surface area contributed by atoms with Crippen molar-refractivity contribution in [3.8, 4) is 0 Å². The van der Waals surface area contributed by atoms with Gasteiger partial charge in [0, 0.05) is 34.9 Å². The highest BCUT2D eigenvalue weighted by molar-refractivity contribution is 7.85. The fraction of sp³-hybridized carbons (Fsp3) is 0.533. The number of fused-ring (bicyclic) bond motifs is 1. The number of amides is 1. The van der Waals surface area contributed by atoms with Crippen molar-refractivity contribution in [2.24, 2.45) is 0 Å². The Morgan fingerprint density at radius 1 is 1.25 bits per heavy atom. The molecule has 1 aromatic rings. The minimum atomic E-state index is -0.684. The molecule has 1 aromatic carbocycles. The zero-order chi connectivity index (χ0) is 13.9. The van der Waals surface area contributed by atoms with Crippen molar-refractivity contribution in [3.05, 3.63) is 35.4 Å². The van der Waals surface area contributed by atoms with Gasteiger partial charge in [-0.25, -0.2) is 0 Å².